The highest BCUT2D eigenvalue weighted by Crippen LogP contribution is 2.18. The highest BCUT2D eigenvalue weighted by atomic mass is 19.1. The van der Waals surface area contributed by atoms with E-state index in [0.29, 0.717) is 22.7 Å². The van der Waals surface area contributed by atoms with Gasteiger partial charge in [0.05, 0.1) is 0 Å². The molecule has 3 N–H and O–H groups in total. The molecule has 0 aliphatic rings. The van der Waals surface area contributed by atoms with E-state index in [-0.39, 0.29) is 17.9 Å². The molecule has 0 aliphatic heterocycles. The second-order valence-electron chi connectivity index (χ2n) is 6.59. The predicted molar refractivity (Wildman–Crippen MR) is 117 cm³/mol. The molecule has 8 heteroatoms. The minimum absolute atomic E-state index is 0.0576. The third kappa shape index (κ3) is 6.43. The lowest BCUT2D eigenvalue weighted by atomic mass is 10.1. The van der Waals surface area contributed by atoms with E-state index in [1.165, 1.54) is 54.6 Å². The Bertz CT molecular complexity index is 1180. The SMILES string of the molecule is N#CC(=Cc1cccc(OCC(=O)Nc2ccc(F)cc2)c1)C(=O)Nc1ccc(O)cc1. The van der Waals surface area contributed by atoms with E-state index in [0.717, 1.165) is 0 Å². The minimum Gasteiger partial charge on any atom is -0.508 e. The Labute approximate surface area is 183 Å². The molecule has 160 valence electrons. The molecule has 7 nitrogen and oxygen atoms in total. The van der Waals surface area contributed by atoms with E-state index >= 15 is 0 Å². The van der Waals surface area contributed by atoms with Gasteiger partial charge >= 0.3 is 0 Å². The number of aromatic hydroxyl groups is 1. The van der Waals surface area contributed by atoms with Crippen LogP contribution in [0.1, 0.15) is 5.56 Å². The number of hydrogen-bond acceptors (Lipinski definition) is 5. The summed E-state index contributed by atoms with van der Waals surface area (Å²) < 4.78 is 18.4. The molecule has 0 heterocycles. The molecular weight excluding hydrogens is 413 g/mol. The number of nitrogens with zero attached hydrogens (tertiary/aromatic N) is 1. The number of nitrogens with one attached hydrogen (secondary N) is 2. The number of phenolic OH excluding ortho intramolecular Hbond substituents is 1. The quantitative estimate of drug-likeness (QED) is 0.296. The molecule has 0 saturated carbocycles. The largest absolute Gasteiger partial charge is 0.508 e. The van der Waals surface area contributed by atoms with Gasteiger partial charge in [0.25, 0.3) is 11.8 Å². The monoisotopic (exact) mass is 431 g/mol. The summed E-state index contributed by atoms with van der Waals surface area (Å²) in [5.41, 5.74) is 1.26. The van der Waals surface area contributed by atoms with Gasteiger partial charge in [-0.3, -0.25) is 9.59 Å². The van der Waals surface area contributed by atoms with Gasteiger partial charge < -0.3 is 20.5 Å². The van der Waals surface area contributed by atoms with Crippen LogP contribution in [-0.4, -0.2) is 23.5 Å². The first kappa shape index (κ1) is 22.1. The highest BCUT2D eigenvalue weighted by Gasteiger charge is 2.10. The molecule has 3 rings (SSSR count). The molecule has 0 unspecified atom stereocenters. The summed E-state index contributed by atoms with van der Waals surface area (Å²) in [4.78, 5) is 24.4. The molecule has 0 aliphatic carbocycles. The number of hydrogen-bond donors (Lipinski definition) is 3. The van der Waals surface area contributed by atoms with Crippen molar-refractivity contribution in [1.82, 2.24) is 0 Å². The van der Waals surface area contributed by atoms with Crippen LogP contribution in [0.15, 0.2) is 78.4 Å². The third-order valence-electron chi connectivity index (χ3n) is 4.16. The van der Waals surface area contributed by atoms with Gasteiger partial charge in [0.1, 0.15) is 29.0 Å². The van der Waals surface area contributed by atoms with Crippen molar-refractivity contribution in [3.63, 3.8) is 0 Å². The average Bonchev–Trinajstić information content (AvgIpc) is 2.79. The first-order valence-corrected chi connectivity index (χ1v) is 9.43. The molecule has 32 heavy (non-hydrogen) atoms. The Balaban J connectivity index is 1.62. The van der Waals surface area contributed by atoms with E-state index in [9.17, 15) is 24.3 Å². The van der Waals surface area contributed by atoms with E-state index in [1.54, 1.807) is 24.3 Å². The van der Waals surface area contributed by atoms with Gasteiger partial charge in [-0.15, -0.1) is 0 Å². The van der Waals surface area contributed by atoms with Crippen LogP contribution in [0.25, 0.3) is 6.08 Å². The normalized spacial score (nSPS) is 10.7. The number of carbonyl (C=O) groups is 2. The highest BCUT2D eigenvalue weighted by molar-refractivity contribution is 6.09. The van der Waals surface area contributed by atoms with E-state index in [2.05, 4.69) is 10.6 Å². The molecule has 3 aromatic rings. The number of benzene rings is 3. The molecule has 0 aromatic heterocycles. The van der Waals surface area contributed by atoms with Crippen LogP contribution in [0, 0.1) is 17.1 Å². The summed E-state index contributed by atoms with van der Waals surface area (Å²) in [6.45, 7) is -0.281. The van der Waals surface area contributed by atoms with Gasteiger partial charge in [0, 0.05) is 11.4 Å². The Morgan fingerprint density at radius 2 is 1.66 bits per heavy atom. The Morgan fingerprint density at radius 1 is 1.00 bits per heavy atom. The Hall–Kier alpha value is -4.64. The van der Waals surface area contributed by atoms with Gasteiger partial charge in [-0.05, 0) is 72.3 Å². The molecule has 0 fully saturated rings. The van der Waals surface area contributed by atoms with Crippen molar-refractivity contribution in [2.24, 2.45) is 0 Å². The maximum absolute atomic E-state index is 12.9. The summed E-state index contributed by atoms with van der Waals surface area (Å²) in [6.07, 6.45) is 1.39. The third-order valence-corrected chi connectivity index (χ3v) is 4.16. The molecule has 0 atom stereocenters. The van der Waals surface area contributed by atoms with Gasteiger partial charge in [0.15, 0.2) is 6.61 Å². The lowest BCUT2D eigenvalue weighted by Crippen LogP contribution is -2.20. The van der Waals surface area contributed by atoms with Crippen molar-refractivity contribution in [1.29, 1.82) is 5.26 Å². The lowest BCUT2D eigenvalue weighted by Gasteiger charge is -2.08. The summed E-state index contributed by atoms with van der Waals surface area (Å²) in [7, 11) is 0. The van der Waals surface area contributed by atoms with E-state index < -0.39 is 17.6 Å². The number of nitriles is 1. The zero-order valence-electron chi connectivity index (χ0n) is 16.7. The van der Waals surface area contributed by atoms with Crippen molar-refractivity contribution in [2.75, 3.05) is 17.2 Å². The standard InChI is InChI=1S/C24H18FN3O4/c25-18-4-6-19(7-5-18)27-23(30)15-32-22-3-1-2-16(13-22)12-17(14-26)24(31)28-20-8-10-21(29)11-9-20/h1-13,29H,15H2,(H,27,30)(H,28,31). The second-order valence-corrected chi connectivity index (χ2v) is 6.59. The molecule has 0 radical (unpaired) electrons. The zero-order valence-corrected chi connectivity index (χ0v) is 16.7. The Morgan fingerprint density at radius 3 is 2.34 bits per heavy atom. The number of anilines is 2. The molecule has 0 bridgehead atoms. The van der Waals surface area contributed by atoms with Crippen molar-refractivity contribution < 1.29 is 23.8 Å². The van der Waals surface area contributed by atoms with Crippen molar-refractivity contribution in [3.8, 4) is 17.6 Å². The second kappa shape index (κ2) is 10.4. The van der Waals surface area contributed by atoms with Gasteiger partial charge in [0.2, 0.25) is 0 Å². The van der Waals surface area contributed by atoms with Crippen molar-refractivity contribution in [3.05, 3.63) is 89.8 Å². The lowest BCUT2D eigenvalue weighted by molar-refractivity contribution is -0.118. The molecular formula is C24H18FN3O4. The maximum atomic E-state index is 12.9. The number of phenols is 1. The summed E-state index contributed by atoms with van der Waals surface area (Å²) in [6, 6.07) is 19.6. The topological polar surface area (TPSA) is 111 Å². The first-order chi connectivity index (χ1) is 15.4. The molecule has 3 aromatic carbocycles. The Kier molecular flexibility index (Phi) is 7.17. The average molecular weight is 431 g/mol. The summed E-state index contributed by atoms with van der Waals surface area (Å²) in [5.74, 6) is -1.02. The van der Waals surface area contributed by atoms with Gasteiger partial charge in [-0.2, -0.15) is 5.26 Å². The van der Waals surface area contributed by atoms with Crippen LogP contribution in [0.5, 0.6) is 11.5 Å². The van der Waals surface area contributed by atoms with Crippen LogP contribution in [0.3, 0.4) is 0 Å². The fraction of sp³-hybridized carbons (Fsp3) is 0.0417. The van der Waals surface area contributed by atoms with E-state index in [4.69, 9.17) is 4.74 Å². The number of amides is 2. The predicted octanol–water partition coefficient (Wildman–Crippen LogP) is 4.09. The molecule has 0 saturated heterocycles. The summed E-state index contributed by atoms with van der Waals surface area (Å²) in [5, 5.41) is 23.8. The van der Waals surface area contributed by atoms with Crippen LogP contribution in [-0.2, 0) is 9.59 Å². The van der Waals surface area contributed by atoms with Crippen LogP contribution < -0.4 is 15.4 Å². The smallest absolute Gasteiger partial charge is 0.266 e. The van der Waals surface area contributed by atoms with Crippen molar-refractivity contribution >= 4 is 29.3 Å². The molecule has 2 amide bonds. The summed E-state index contributed by atoms with van der Waals surface area (Å²) >= 11 is 0. The fourth-order valence-electron chi connectivity index (χ4n) is 2.63. The first-order valence-electron chi connectivity index (χ1n) is 9.43. The number of rotatable bonds is 7. The van der Waals surface area contributed by atoms with E-state index in [1.807, 2.05) is 6.07 Å². The van der Waals surface area contributed by atoms with Crippen molar-refractivity contribution in [2.45, 2.75) is 0 Å². The minimum atomic E-state index is -0.608. The number of ether oxygens (including phenoxy) is 1. The fourth-order valence-corrected chi connectivity index (χ4v) is 2.63. The van der Waals surface area contributed by atoms with Crippen LogP contribution >= 0.6 is 0 Å². The van der Waals surface area contributed by atoms with Crippen LogP contribution in [0.4, 0.5) is 15.8 Å². The number of carbonyl (C=O) groups excluding carboxylic acids is 2. The maximum Gasteiger partial charge on any atom is 0.266 e. The zero-order chi connectivity index (χ0) is 22.9. The van der Waals surface area contributed by atoms with Crippen LogP contribution in [0.2, 0.25) is 0 Å². The molecule has 0 spiro atoms. The van der Waals surface area contributed by atoms with Gasteiger partial charge in [-0.25, -0.2) is 4.39 Å². The van der Waals surface area contributed by atoms with Gasteiger partial charge in [-0.1, -0.05) is 12.1 Å². The number of halogens is 1.